The van der Waals surface area contributed by atoms with Gasteiger partial charge in [0.15, 0.2) is 0 Å². The minimum atomic E-state index is -0.180. The largest absolute Gasteiger partial charge is 0.338 e. The summed E-state index contributed by atoms with van der Waals surface area (Å²) in [4.78, 5) is 31.4. The molecule has 1 unspecified atom stereocenters. The van der Waals surface area contributed by atoms with Crippen LogP contribution in [-0.2, 0) is 4.79 Å². The Bertz CT molecular complexity index is 629. The van der Waals surface area contributed by atoms with Gasteiger partial charge in [0.05, 0.1) is 6.04 Å². The van der Waals surface area contributed by atoms with Crippen molar-refractivity contribution in [3.63, 3.8) is 0 Å². The summed E-state index contributed by atoms with van der Waals surface area (Å²) >= 11 is 0. The maximum Gasteiger partial charge on any atom is 0.253 e. The summed E-state index contributed by atoms with van der Waals surface area (Å²) in [6, 6.07) is 9.22. The average Bonchev–Trinajstić information content (AvgIpc) is 2.91. The minimum absolute atomic E-state index is 0.0731. The Labute approximate surface area is 157 Å². The standard InChI is InChI=1S/C21H31N3O2/c1-5-22(16-17(2)3)20(25)18(4)23-12-9-13-24(15-14-23)21(26)19-10-7-6-8-11-19/h6-8,10-11,18H,2,5,9,12-16H2,1,3-4H3. The van der Waals surface area contributed by atoms with E-state index < -0.39 is 0 Å². The molecule has 5 nitrogen and oxygen atoms in total. The van der Waals surface area contributed by atoms with Crippen LogP contribution in [0.3, 0.4) is 0 Å². The van der Waals surface area contributed by atoms with Gasteiger partial charge in [-0.2, -0.15) is 0 Å². The quantitative estimate of drug-likeness (QED) is 0.735. The number of carbonyl (C=O) groups is 2. The molecule has 0 aliphatic carbocycles. The molecule has 1 aliphatic heterocycles. The Morgan fingerprint density at radius 2 is 1.85 bits per heavy atom. The van der Waals surface area contributed by atoms with E-state index in [2.05, 4.69) is 11.5 Å². The molecule has 0 bridgehead atoms. The lowest BCUT2D eigenvalue weighted by molar-refractivity contribution is -0.135. The van der Waals surface area contributed by atoms with Crippen molar-refractivity contribution in [2.45, 2.75) is 33.2 Å². The molecule has 0 spiro atoms. The maximum absolute atomic E-state index is 12.8. The third-order valence-corrected chi connectivity index (χ3v) is 4.90. The van der Waals surface area contributed by atoms with E-state index in [-0.39, 0.29) is 17.9 Å². The number of hydrogen-bond acceptors (Lipinski definition) is 3. The number of carbonyl (C=O) groups excluding carboxylic acids is 2. The van der Waals surface area contributed by atoms with Gasteiger partial charge in [-0.1, -0.05) is 30.4 Å². The Kier molecular flexibility index (Phi) is 7.39. The second-order valence-corrected chi connectivity index (χ2v) is 7.03. The Hall–Kier alpha value is -2.14. The van der Waals surface area contributed by atoms with Crippen LogP contribution < -0.4 is 0 Å². The summed E-state index contributed by atoms with van der Waals surface area (Å²) in [7, 11) is 0. The summed E-state index contributed by atoms with van der Waals surface area (Å²) in [6.07, 6.45) is 0.878. The predicted molar refractivity (Wildman–Crippen MR) is 105 cm³/mol. The van der Waals surface area contributed by atoms with E-state index >= 15 is 0 Å². The number of nitrogens with zero attached hydrogens (tertiary/aromatic N) is 3. The Balaban J connectivity index is 1.97. The van der Waals surface area contributed by atoms with E-state index in [1.54, 1.807) is 0 Å². The molecule has 0 radical (unpaired) electrons. The molecule has 1 aromatic rings. The molecule has 1 aromatic carbocycles. The van der Waals surface area contributed by atoms with Crippen LogP contribution in [0.25, 0.3) is 0 Å². The zero-order valence-corrected chi connectivity index (χ0v) is 16.3. The van der Waals surface area contributed by atoms with Crippen LogP contribution in [0.1, 0.15) is 37.6 Å². The zero-order chi connectivity index (χ0) is 19.1. The van der Waals surface area contributed by atoms with Gasteiger partial charge in [-0.3, -0.25) is 14.5 Å². The van der Waals surface area contributed by atoms with Gasteiger partial charge in [-0.25, -0.2) is 0 Å². The van der Waals surface area contributed by atoms with Crippen molar-refractivity contribution >= 4 is 11.8 Å². The second-order valence-electron chi connectivity index (χ2n) is 7.03. The number of amides is 2. The zero-order valence-electron chi connectivity index (χ0n) is 16.3. The first-order valence-electron chi connectivity index (χ1n) is 9.45. The lowest BCUT2D eigenvalue weighted by Crippen LogP contribution is -2.48. The van der Waals surface area contributed by atoms with Crippen molar-refractivity contribution in [2.24, 2.45) is 0 Å². The van der Waals surface area contributed by atoms with Gasteiger partial charge in [-0.05, 0) is 39.3 Å². The summed E-state index contributed by atoms with van der Waals surface area (Å²) in [5.41, 5.74) is 1.71. The van der Waals surface area contributed by atoms with Crippen LogP contribution in [-0.4, -0.2) is 71.8 Å². The highest BCUT2D eigenvalue weighted by molar-refractivity contribution is 5.94. The maximum atomic E-state index is 12.8. The Morgan fingerprint density at radius 3 is 2.46 bits per heavy atom. The molecule has 5 heteroatoms. The van der Waals surface area contributed by atoms with E-state index in [1.165, 1.54) is 0 Å². The third-order valence-electron chi connectivity index (χ3n) is 4.90. The fraction of sp³-hybridized carbons (Fsp3) is 0.524. The third kappa shape index (κ3) is 5.18. The molecule has 1 atom stereocenters. The molecular formula is C21H31N3O2. The summed E-state index contributed by atoms with van der Waals surface area (Å²) in [6.45, 7) is 14.0. The predicted octanol–water partition coefficient (Wildman–Crippen LogP) is 2.65. The number of likely N-dealkylation sites (N-methyl/N-ethyl adjacent to an activating group) is 1. The number of hydrogen-bond donors (Lipinski definition) is 0. The molecule has 0 N–H and O–H groups in total. The van der Waals surface area contributed by atoms with Crippen LogP contribution >= 0.6 is 0 Å². The van der Waals surface area contributed by atoms with Gasteiger partial charge in [-0.15, -0.1) is 0 Å². The van der Waals surface area contributed by atoms with Gasteiger partial charge in [0, 0.05) is 44.8 Å². The fourth-order valence-electron chi connectivity index (χ4n) is 3.38. The van der Waals surface area contributed by atoms with Crippen molar-refractivity contribution in [3.8, 4) is 0 Å². The summed E-state index contributed by atoms with van der Waals surface area (Å²) < 4.78 is 0. The van der Waals surface area contributed by atoms with Gasteiger partial charge >= 0.3 is 0 Å². The van der Waals surface area contributed by atoms with E-state index in [9.17, 15) is 9.59 Å². The van der Waals surface area contributed by atoms with Crippen molar-refractivity contribution < 1.29 is 9.59 Å². The van der Waals surface area contributed by atoms with E-state index in [4.69, 9.17) is 0 Å². The lowest BCUT2D eigenvalue weighted by Gasteiger charge is -2.31. The molecule has 1 fully saturated rings. The topological polar surface area (TPSA) is 43.9 Å². The van der Waals surface area contributed by atoms with Crippen molar-refractivity contribution in [3.05, 3.63) is 48.0 Å². The molecule has 2 amide bonds. The minimum Gasteiger partial charge on any atom is -0.338 e. The monoisotopic (exact) mass is 357 g/mol. The van der Waals surface area contributed by atoms with Crippen LogP contribution in [0.4, 0.5) is 0 Å². The van der Waals surface area contributed by atoms with E-state index in [0.717, 1.165) is 37.2 Å². The highest BCUT2D eigenvalue weighted by Crippen LogP contribution is 2.13. The Morgan fingerprint density at radius 1 is 1.15 bits per heavy atom. The molecule has 26 heavy (non-hydrogen) atoms. The van der Waals surface area contributed by atoms with Crippen LogP contribution in [0.15, 0.2) is 42.5 Å². The van der Waals surface area contributed by atoms with Crippen LogP contribution in [0.2, 0.25) is 0 Å². The first-order chi connectivity index (χ1) is 12.4. The summed E-state index contributed by atoms with van der Waals surface area (Å²) in [5, 5.41) is 0. The molecule has 1 aliphatic rings. The molecular weight excluding hydrogens is 326 g/mol. The smallest absolute Gasteiger partial charge is 0.253 e. The normalized spacial score (nSPS) is 16.7. The number of rotatable bonds is 6. The molecule has 0 aromatic heterocycles. The van der Waals surface area contributed by atoms with Crippen LogP contribution in [0, 0.1) is 0 Å². The van der Waals surface area contributed by atoms with Crippen molar-refractivity contribution in [1.82, 2.24) is 14.7 Å². The highest BCUT2D eigenvalue weighted by Gasteiger charge is 2.28. The fourth-order valence-corrected chi connectivity index (χ4v) is 3.38. The van der Waals surface area contributed by atoms with Crippen molar-refractivity contribution in [1.29, 1.82) is 0 Å². The van der Waals surface area contributed by atoms with Gasteiger partial charge < -0.3 is 9.80 Å². The SMILES string of the molecule is C=C(C)CN(CC)C(=O)C(C)N1CCCN(C(=O)c2ccccc2)CC1. The average molecular weight is 357 g/mol. The molecule has 0 saturated carbocycles. The highest BCUT2D eigenvalue weighted by atomic mass is 16.2. The molecule has 2 rings (SSSR count). The van der Waals surface area contributed by atoms with Gasteiger partial charge in [0.25, 0.3) is 5.91 Å². The number of benzene rings is 1. The lowest BCUT2D eigenvalue weighted by atomic mass is 10.2. The first kappa shape index (κ1) is 20.2. The van der Waals surface area contributed by atoms with Crippen molar-refractivity contribution in [2.75, 3.05) is 39.3 Å². The second kappa shape index (κ2) is 9.53. The van der Waals surface area contributed by atoms with Crippen LogP contribution in [0.5, 0.6) is 0 Å². The molecule has 142 valence electrons. The van der Waals surface area contributed by atoms with E-state index in [1.807, 2.05) is 60.9 Å². The molecule has 1 heterocycles. The van der Waals surface area contributed by atoms with E-state index in [0.29, 0.717) is 19.6 Å². The van der Waals surface area contributed by atoms with Gasteiger partial charge in [0.1, 0.15) is 0 Å². The first-order valence-corrected chi connectivity index (χ1v) is 9.45. The molecule has 1 saturated heterocycles. The van der Waals surface area contributed by atoms with Gasteiger partial charge in [0.2, 0.25) is 5.91 Å². The summed E-state index contributed by atoms with van der Waals surface area (Å²) in [5.74, 6) is 0.210.